The summed E-state index contributed by atoms with van der Waals surface area (Å²) in [4.78, 5) is 4.21. The number of aryl methyl sites for hydroxylation is 1. The van der Waals surface area contributed by atoms with Crippen molar-refractivity contribution < 1.29 is 0 Å². The molecule has 0 unspecified atom stereocenters. The molecule has 1 fully saturated rings. The van der Waals surface area contributed by atoms with E-state index < -0.39 is 0 Å². The van der Waals surface area contributed by atoms with Crippen LogP contribution in [0.5, 0.6) is 0 Å². The van der Waals surface area contributed by atoms with Gasteiger partial charge < -0.3 is 5.32 Å². The topological polar surface area (TPSA) is 42.7 Å². The molecule has 0 radical (unpaired) electrons. The quantitative estimate of drug-likeness (QED) is 0.895. The van der Waals surface area contributed by atoms with Gasteiger partial charge in [0, 0.05) is 19.0 Å². The maximum atomic E-state index is 4.26. The van der Waals surface area contributed by atoms with Gasteiger partial charge in [0.05, 0.1) is 0 Å². The molecule has 1 heterocycles. The van der Waals surface area contributed by atoms with Crippen molar-refractivity contribution in [2.24, 2.45) is 7.05 Å². The van der Waals surface area contributed by atoms with Gasteiger partial charge in [-0.3, -0.25) is 4.68 Å². The maximum absolute atomic E-state index is 4.26. The first-order valence-electron chi connectivity index (χ1n) is 6.44. The van der Waals surface area contributed by atoms with Gasteiger partial charge in [-0.05, 0) is 18.4 Å². The van der Waals surface area contributed by atoms with Crippen molar-refractivity contribution in [2.45, 2.75) is 24.7 Å². The van der Waals surface area contributed by atoms with Crippen molar-refractivity contribution >= 4 is 5.95 Å². The highest BCUT2D eigenvalue weighted by molar-refractivity contribution is 5.32. The van der Waals surface area contributed by atoms with Crippen LogP contribution in [0.2, 0.25) is 0 Å². The molecule has 3 rings (SSSR count). The second kappa shape index (κ2) is 4.44. The molecule has 1 aliphatic rings. The largest absolute Gasteiger partial charge is 0.352 e. The van der Waals surface area contributed by atoms with Crippen molar-refractivity contribution in [2.75, 3.05) is 11.9 Å². The first kappa shape index (κ1) is 11.3. The van der Waals surface area contributed by atoms with Crippen molar-refractivity contribution in [3.8, 4) is 0 Å². The number of nitrogens with zero attached hydrogens (tertiary/aromatic N) is 3. The minimum Gasteiger partial charge on any atom is -0.352 e. The Morgan fingerprint density at radius 2 is 2.06 bits per heavy atom. The third-order valence-corrected chi connectivity index (χ3v) is 3.88. The molecule has 1 aliphatic carbocycles. The summed E-state index contributed by atoms with van der Waals surface area (Å²) in [6, 6.07) is 10.8. The predicted molar refractivity (Wildman–Crippen MR) is 71.5 cm³/mol. The van der Waals surface area contributed by atoms with Crippen LogP contribution in [0.1, 0.15) is 24.8 Å². The van der Waals surface area contributed by atoms with Gasteiger partial charge in [-0.25, -0.2) is 4.98 Å². The molecule has 4 heteroatoms. The number of hydrogen-bond acceptors (Lipinski definition) is 3. The summed E-state index contributed by atoms with van der Waals surface area (Å²) in [5.41, 5.74) is 1.71. The number of aromatic nitrogens is 3. The van der Waals surface area contributed by atoms with E-state index in [-0.39, 0.29) is 5.41 Å². The van der Waals surface area contributed by atoms with Crippen LogP contribution < -0.4 is 5.32 Å². The summed E-state index contributed by atoms with van der Waals surface area (Å²) in [5.74, 6) is 0.722. The van der Waals surface area contributed by atoms with Crippen LogP contribution in [0, 0.1) is 0 Å². The first-order chi connectivity index (χ1) is 8.78. The van der Waals surface area contributed by atoms with Crippen LogP contribution >= 0.6 is 0 Å². The van der Waals surface area contributed by atoms with Gasteiger partial charge in [0.1, 0.15) is 6.33 Å². The Morgan fingerprint density at radius 1 is 1.28 bits per heavy atom. The molecule has 4 nitrogen and oxygen atoms in total. The molecule has 0 bridgehead atoms. The lowest BCUT2D eigenvalue weighted by Crippen LogP contribution is -2.41. The van der Waals surface area contributed by atoms with Crippen LogP contribution in [0.15, 0.2) is 36.7 Å². The fraction of sp³-hybridized carbons (Fsp3) is 0.429. The lowest BCUT2D eigenvalue weighted by molar-refractivity contribution is 0.260. The molecule has 2 aromatic rings. The molecular formula is C14H18N4. The first-order valence-corrected chi connectivity index (χ1v) is 6.44. The van der Waals surface area contributed by atoms with E-state index >= 15 is 0 Å². The highest BCUT2D eigenvalue weighted by Gasteiger charge is 2.38. The van der Waals surface area contributed by atoms with E-state index in [1.165, 1.54) is 24.8 Å². The summed E-state index contributed by atoms with van der Waals surface area (Å²) >= 11 is 0. The number of nitrogens with one attached hydrogen (secondary N) is 1. The summed E-state index contributed by atoms with van der Waals surface area (Å²) < 4.78 is 1.72. The zero-order chi connectivity index (χ0) is 12.4. The van der Waals surface area contributed by atoms with Crippen molar-refractivity contribution in [3.63, 3.8) is 0 Å². The fourth-order valence-corrected chi connectivity index (χ4v) is 2.63. The van der Waals surface area contributed by atoms with Gasteiger partial charge in [0.15, 0.2) is 0 Å². The SMILES string of the molecule is Cn1cnc(NCC2(c3ccccc3)CCC2)n1. The van der Waals surface area contributed by atoms with Gasteiger partial charge in [0.2, 0.25) is 5.95 Å². The van der Waals surface area contributed by atoms with Crippen LogP contribution in [-0.2, 0) is 12.5 Å². The molecule has 1 saturated carbocycles. The van der Waals surface area contributed by atoms with Gasteiger partial charge in [0.25, 0.3) is 0 Å². The summed E-state index contributed by atoms with van der Waals surface area (Å²) in [5, 5.41) is 7.62. The zero-order valence-corrected chi connectivity index (χ0v) is 10.6. The van der Waals surface area contributed by atoms with Gasteiger partial charge >= 0.3 is 0 Å². The molecule has 0 atom stereocenters. The van der Waals surface area contributed by atoms with Crippen LogP contribution in [-0.4, -0.2) is 21.3 Å². The predicted octanol–water partition coefficient (Wildman–Crippen LogP) is 2.35. The summed E-state index contributed by atoms with van der Waals surface area (Å²) in [6.45, 7) is 0.918. The van der Waals surface area contributed by atoms with Crippen molar-refractivity contribution in [3.05, 3.63) is 42.2 Å². The Labute approximate surface area is 107 Å². The van der Waals surface area contributed by atoms with E-state index in [2.05, 4.69) is 45.7 Å². The molecule has 0 spiro atoms. The Balaban J connectivity index is 1.73. The lowest BCUT2D eigenvalue weighted by atomic mass is 9.64. The molecule has 0 aliphatic heterocycles. The molecule has 1 aromatic heterocycles. The van der Waals surface area contributed by atoms with E-state index in [1.807, 2.05) is 7.05 Å². The van der Waals surface area contributed by atoms with E-state index in [9.17, 15) is 0 Å². The van der Waals surface area contributed by atoms with E-state index in [0.717, 1.165) is 12.5 Å². The lowest BCUT2D eigenvalue weighted by Gasteiger charge is -2.42. The van der Waals surface area contributed by atoms with E-state index in [4.69, 9.17) is 0 Å². The Kier molecular flexibility index (Phi) is 2.78. The number of anilines is 1. The van der Waals surface area contributed by atoms with E-state index in [0.29, 0.717) is 0 Å². The molecule has 18 heavy (non-hydrogen) atoms. The minimum absolute atomic E-state index is 0.278. The summed E-state index contributed by atoms with van der Waals surface area (Å²) in [6.07, 6.45) is 5.53. The average molecular weight is 242 g/mol. The Morgan fingerprint density at radius 3 is 2.61 bits per heavy atom. The smallest absolute Gasteiger partial charge is 0.242 e. The second-order valence-electron chi connectivity index (χ2n) is 5.10. The second-order valence-corrected chi connectivity index (χ2v) is 5.10. The Bertz CT molecular complexity index is 514. The van der Waals surface area contributed by atoms with Crippen LogP contribution in [0.4, 0.5) is 5.95 Å². The maximum Gasteiger partial charge on any atom is 0.242 e. The van der Waals surface area contributed by atoms with Crippen molar-refractivity contribution in [1.82, 2.24) is 14.8 Å². The number of rotatable bonds is 4. The molecule has 0 amide bonds. The van der Waals surface area contributed by atoms with E-state index in [1.54, 1.807) is 11.0 Å². The summed E-state index contributed by atoms with van der Waals surface area (Å²) in [7, 11) is 1.88. The third kappa shape index (κ3) is 1.98. The molecule has 94 valence electrons. The number of benzene rings is 1. The normalized spacial score (nSPS) is 17.2. The zero-order valence-electron chi connectivity index (χ0n) is 10.6. The van der Waals surface area contributed by atoms with Crippen LogP contribution in [0.3, 0.4) is 0 Å². The molecular weight excluding hydrogens is 224 g/mol. The molecule has 0 saturated heterocycles. The standard InChI is InChI=1S/C14H18N4/c1-18-11-16-13(17-18)15-10-14(8-5-9-14)12-6-3-2-4-7-12/h2-4,6-7,11H,5,8-10H2,1H3,(H,15,17). The number of hydrogen-bond donors (Lipinski definition) is 1. The van der Waals surface area contributed by atoms with Crippen LogP contribution in [0.25, 0.3) is 0 Å². The fourth-order valence-electron chi connectivity index (χ4n) is 2.63. The average Bonchev–Trinajstić information content (AvgIpc) is 2.75. The highest BCUT2D eigenvalue weighted by atomic mass is 15.4. The minimum atomic E-state index is 0.278. The Hall–Kier alpha value is -1.84. The monoisotopic (exact) mass is 242 g/mol. The van der Waals surface area contributed by atoms with Gasteiger partial charge in [-0.2, -0.15) is 0 Å². The molecule has 1 N–H and O–H groups in total. The van der Waals surface area contributed by atoms with Gasteiger partial charge in [-0.15, -0.1) is 5.10 Å². The molecule has 1 aromatic carbocycles. The third-order valence-electron chi connectivity index (χ3n) is 3.88. The highest BCUT2D eigenvalue weighted by Crippen LogP contribution is 2.43. The van der Waals surface area contributed by atoms with Gasteiger partial charge in [-0.1, -0.05) is 36.8 Å². The van der Waals surface area contributed by atoms with Crippen molar-refractivity contribution in [1.29, 1.82) is 0 Å².